The molecule has 2 fully saturated rings. The topological polar surface area (TPSA) is 76.7 Å². The molecule has 2 aliphatic heterocycles. The Morgan fingerprint density at radius 3 is 2.00 bits per heavy atom. The summed E-state index contributed by atoms with van der Waals surface area (Å²) < 4.78 is 38.1. The molecule has 2 saturated heterocycles. The minimum Gasteiger partial charge on any atom is -0.343 e. The highest BCUT2D eigenvalue weighted by atomic mass is 32.2. The zero-order valence-corrected chi connectivity index (χ0v) is 8.93. The van der Waals surface area contributed by atoms with Crippen molar-refractivity contribution in [2.24, 2.45) is 0 Å². The van der Waals surface area contributed by atoms with Gasteiger partial charge in [0.1, 0.15) is 12.2 Å². The molecule has 2 heterocycles. The van der Waals surface area contributed by atoms with E-state index in [0.717, 1.165) is 0 Å². The molecule has 0 spiro atoms. The van der Waals surface area contributed by atoms with Crippen molar-refractivity contribution in [1.29, 1.82) is 0 Å². The van der Waals surface area contributed by atoms with E-state index in [0.29, 0.717) is 0 Å². The van der Waals surface area contributed by atoms with E-state index in [9.17, 15) is 8.42 Å². The van der Waals surface area contributed by atoms with Gasteiger partial charge in [0.15, 0.2) is 5.79 Å². The van der Waals surface area contributed by atoms with Crippen LogP contribution in [-0.4, -0.2) is 39.5 Å². The molecule has 0 aromatic rings. The molecule has 2 N–H and O–H groups in total. The lowest BCUT2D eigenvalue weighted by Crippen LogP contribution is -2.37. The van der Waals surface area contributed by atoms with Crippen molar-refractivity contribution >= 4 is 10.2 Å². The van der Waals surface area contributed by atoms with Crippen molar-refractivity contribution in [2.75, 3.05) is 13.1 Å². The molecule has 0 unspecified atom stereocenters. The second kappa shape index (κ2) is 3.14. The fraction of sp³-hybridized carbons (Fsp3) is 1.00. The van der Waals surface area contributed by atoms with Crippen molar-refractivity contribution in [1.82, 2.24) is 9.44 Å². The maximum Gasteiger partial charge on any atom is 0.277 e. The molecule has 2 atom stereocenters. The first-order valence-corrected chi connectivity index (χ1v) is 5.96. The van der Waals surface area contributed by atoms with Gasteiger partial charge in [-0.3, -0.25) is 0 Å². The zero-order chi connectivity index (χ0) is 10.4. The summed E-state index contributed by atoms with van der Waals surface area (Å²) in [5.41, 5.74) is 0. The highest BCUT2D eigenvalue weighted by Gasteiger charge is 2.43. The first-order valence-electron chi connectivity index (χ1n) is 4.48. The van der Waals surface area contributed by atoms with Crippen LogP contribution >= 0.6 is 0 Å². The first-order chi connectivity index (χ1) is 6.38. The van der Waals surface area contributed by atoms with Crippen molar-refractivity contribution in [3.8, 4) is 0 Å². The Kier molecular flexibility index (Phi) is 2.31. The normalized spacial score (nSPS) is 40.1. The van der Waals surface area contributed by atoms with Gasteiger partial charge in [-0.05, 0) is 13.8 Å². The lowest BCUT2D eigenvalue weighted by Gasteiger charge is -2.17. The van der Waals surface area contributed by atoms with E-state index >= 15 is 0 Å². The number of hydrogen-bond acceptors (Lipinski definition) is 4. The summed E-state index contributed by atoms with van der Waals surface area (Å²) in [6.45, 7) is 4.14. The summed E-state index contributed by atoms with van der Waals surface area (Å²) in [6.07, 6.45) is -0.426. The lowest BCUT2D eigenvalue weighted by molar-refractivity contribution is -0.145. The van der Waals surface area contributed by atoms with Crippen molar-refractivity contribution < 1.29 is 17.9 Å². The molecule has 7 heteroatoms. The molecule has 0 amide bonds. The monoisotopic (exact) mass is 222 g/mol. The molecule has 14 heavy (non-hydrogen) atoms. The SMILES string of the molecule is CC1(C)O[C@H]2CNS(=O)(=O)NC[C@@H]2O1. The molecule has 0 bridgehead atoms. The van der Waals surface area contributed by atoms with Crippen molar-refractivity contribution in [2.45, 2.75) is 31.8 Å². The first kappa shape index (κ1) is 10.3. The summed E-state index contributed by atoms with van der Waals surface area (Å²) in [6, 6.07) is 0. The molecule has 82 valence electrons. The third-order valence-corrected chi connectivity index (χ3v) is 3.33. The van der Waals surface area contributed by atoms with Crippen LogP contribution in [-0.2, 0) is 19.7 Å². The molecule has 6 nitrogen and oxygen atoms in total. The van der Waals surface area contributed by atoms with Gasteiger partial charge in [-0.1, -0.05) is 0 Å². The smallest absolute Gasteiger partial charge is 0.277 e. The second-order valence-electron chi connectivity index (χ2n) is 3.91. The van der Waals surface area contributed by atoms with Gasteiger partial charge in [-0.25, -0.2) is 0 Å². The van der Waals surface area contributed by atoms with Crippen LogP contribution in [0.1, 0.15) is 13.8 Å². The Labute approximate surface area is 83.1 Å². The Morgan fingerprint density at radius 1 is 1.14 bits per heavy atom. The molecule has 2 aliphatic rings. The van der Waals surface area contributed by atoms with Crippen LogP contribution < -0.4 is 9.44 Å². The average molecular weight is 222 g/mol. The minimum atomic E-state index is -3.36. The van der Waals surface area contributed by atoms with E-state index in [2.05, 4.69) is 9.44 Å². The average Bonchev–Trinajstić information content (AvgIpc) is 2.27. The molecular formula is C7H14N2O4S. The molecular weight excluding hydrogens is 208 g/mol. The summed E-state index contributed by atoms with van der Waals surface area (Å²) >= 11 is 0. The quantitative estimate of drug-likeness (QED) is 0.548. The lowest BCUT2D eigenvalue weighted by atomic mass is 10.2. The summed E-state index contributed by atoms with van der Waals surface area (Å²) in [4.78, 5) is 0. The minimum absolute atomic E-state index is 0.213. The number of hydrogen-bond donors (Lipinski definition) is 2. The van der Waals surface area contributed by atoms with E-state index in [4.69, 9.17) is 9.47 Å². The van der Waals surface area contributed by atoms with Crippen molar-refractivity contribution in [3.63, 3.8) is 0 Å². The highest BCUT2D eigenvalue weighted by Crippen LogP contribution is 2.28. The van der Waals surface area contributed by atoms with Crippen LogP contribution in [0.3, 0.4) is 0 Å². The number of rotatable bonds is 0. The van der Waals surface area contributed by atoms with Gasteiger partial charge in [0.2, 0.25) is 0 Å². The highest BCUT2D eigenvalue weighted by molar-refractivity contribution is 7.87. The van der Waals surface area contributed by atoms with Crippen LogP contribution in [0.25, 0.3) is 0 Å². The second-order valence-corrected chi connectivity index (χ2v) is 5.50. The predicted octanol–water partition coefficient (Wildman–Crippen LogP) is -1.06. The third-order valence-electron chi connectivity index (χ3n) is 2.23. The van der Waals surface area contributed by atoms with Gasteiger partial charge in [-0.2, -0.15) is 17.9 Å². The Balaban J connectivity index is 2.10. The molecule has 0 aliphatic carbocycles. The Hall–Kier alpha value is -0.210. The standard InChI is InChI=1S/C7H14N2O4S/c1-7(2)12-5-3-8-14(10,11)9-4-6(5)13-7/h5-6,8-9H,3-4H2,1-2H3/t5-,6-/m0/s1. The largest absolute Gasteiger partial charge is 0.343 e. The maximum atomic E-state index is 11.1. The van der Waals surface area contributed by atoms with Crippen LogP contribution in [0, 0.1) is 0 Å². The van der Waals surface area contributed by atoms with E-state index in [-0.39, 0.29) is 25.3 Å². The van der Waals surface area contributed by atoms with Crippen LogP contribution in [0.5, 0.6) is 0 Å². The molecule has 0 radical (unpaired) electrons. The summed E-state index contributed by atoms with van der Waals surface area (Å²) in [5, 5.41) is 0. The predicted molar refractivity (Wildman–Crippen MR) is 48.8 cm³/mol. The van der Waals surface area contributed by atoms with Gasteiger partial charge >= 0.3 is 0 Å². The molecule has 0 saturated carbocycles. The van der Waals surface area contributed by atoms with Crippen LogP contribution in [0.2, 0.25) is 0 Å². The Bertz CT molecular complexity index is 303. The molecule has 0 aromatic heterocycles. The van der Waals surface area contributed by atoms with Crippen LogP contribution in [0.15, 0.2) is 0 Å². The van der Waals surface area contributed by atoms with Crippen LogP contribution in [0.4, 0.5) is 0 Å². The zero-order valence-electron chi connectivity index (χ0n) is 8.11. The van der Waals surface area contributed by atoms with E-state index in [1.54, 1.807) is 0 Å². The van der Waals surface area contributed by atoms with Gasteiger partial charge in [0.05, 0.1) is 0 Å². The summed E-state index contributed by atoms with van der Waals surface area (Å²) in [7, 11) is -3.36. The fourth-order valence-corrected chi connectivity index (χ4v) is 2.56. The third kappa shape index (κ3) is 2.06. The number of ether oxygens (including phenoxy) is 2. The molecule has 2 rings (SSSR count). The van der Waals surface area contributed by atoms with E-state index in [1.165, 1.54) is 0 Å². The van der Waals surface area contributed by atoms with Gasteiger partial charge in [-0.15, -0.1) is 0 Å². The molecule has 0 aromatic carbocycles. The number of nitrogens with one attached hydrogen (secondary N) is 2. The van der Waals surface area contributed by atoms with Crippen molar-refractivity contribution in [3.05, 3.63) is 0 Å². The van der Waals surface area contributed by atoms with E-state index < -0.39 is 16.0 Å². The summed E-state index contributed by atoms with van der Waals surface area (Å²) in [5.74, 6) is -0.625. The Morgan fingerprint density at radius 2 is 1.57 bits per heavy atom. The van der Waals surface area contributed by atoms with Gasteiger partial charge in [0, 0.05) is 13.1 Å². The maximum absolute atomic E-state index is 11.1. The van der Waals surface area contributed by atoms with Gasteiger partial charge in [0.25, 0.3) is 10.2 Å². The fourth-order valence-electron chi connectivity index (χ4n) is 1.69. The van der Waals surface area contributed by atoms with E-state index in [1.807, 2.05) is 13.8 Å². The van der Waals surface area contributed by atoms with Gasteiger partial charge < -0.3 is 9.47 Å². The number of fused-ring (bicyclic) bond motifs is 1.